The lowest BCUT2D eigenvalue weighted by atomic mass is 9.83. The molecule has 0 aromatic heterocycles. The van der Waals surface area contributed by atoms with Crippen LogP contribution in [0.4, 0.5) is 0 Å². The maximum absolute atomic E-state index is 13.4. The van der Waals surface area contributed by atoms with Crippen LogP contribution >= 0.6 is 0 Å². The van der Waals surface area contributed by atoms with Gasteiger partial charge in [-0.1, -0.05) is 42.5 Å². The van der Waals surface area contributed by atoms with Crippen LogP contribution < -0.4 is 9.47 Å². The van der Waals surface area contributed by atoms with Crippen LogP contribution in [-0.2, 0) is 14.3 Å². The lowest BCUT2D eigenvalue weighted by Crippen LogP contribution is -2.24. The minimum atomic E-state index is -0.487. The monoisotopic (exact) mass is 462 g/mol. The minimum absolute atomic E-state index is 0.154. The van der Waals surface area contributed by atoms with Crippen molar-refractivity contribution in [3.8, 4) is 11.5 Å². The number of fused-ring (bicyclic) bond motifs is 2. The SMILES string of the molecule is COc1c2c(cc3c1[C@@H](c1ccccc1)CC(=O)O3)/C=C/CCCC(=O)CCC[C@H](C)OC2=O. The zero-order valence-electron chi connectivity index (χ0n) is 19.7. The second-order valence-electron chi connectivity index (χ2n) is 8.87. The Morgan fingerprint density at radius 1 is 1.03 bits per heavy atom. The van der Waals surface area contributed by atoms with Gasteiger partial charge in [-0.15, -0.1) is 0 Å². The highest BCUT2D eigenvalue weighted by Gasteiger charge is 2.36. The summed E-state index contributed by atoms with van der Waals surface area (Å²) in [6.07, 6.45) is 7.34. The van der Waals surface area contributed by atoms with Crippen LogP contribution in [0.1, 0.15) is 84.8 Å². The predicted octanol–water partition coefficient (Wildman–Crippen LogP) is 5.62. The van der Waals surface area contributed by atoms with Gasteiger partial charge >= 0.3 is 11.9 Å². The molecule has 0 spiro atoms. The van der Waals surface area contributed by atoms with E-state index in [0.717, 1.165) is 12.0 Å². The first-order chi connectivity index (χ1) is 16.5. The van der Waals surface area contributed by atoms with Crippen molar-refractivity contribution in [3.05, 3.63) is 64.7 Å². The van der Waals surface area contributed by atoms with Gasteiger partial charge in [-0.05, 0) is 49.8 Å². The zero-order chi connectivity index (χ0) is 24.1. The van der Waals surface area contributed by atoms with Gasteiger partial charge in [0.05, 0.1) is 19.6 Å². The van der Waals surface area contributed by atoms with Crippen molar-refractivity contribution >= 4 is 23.8 Å². The van der Waals surface area contributed by atoms with Crippen molar-refractivity contribution in [1.82, 2.24) is 0 Å². The number of Topliss-reactive ketones (excluding diaryl/α,β-unsaturated/α-hetero) is 1. The first-order valence-electron chi connectivity index (χ1n) is 11.9. The molecular formula is C28H30O6. The fourth-order valence-corrected chi connectivity index (χ4v) is 4.68. The molecule has 0 fully saturated rings. The zero-order valence-corrected chi connectivity index (χ0v) is 19.7. The van der Waals surface area contributed by atoms with Gasteiger partial charge in [-0.3, -0.25) is 9.59 Å². The number of ether oxygens (including phenoxy) is 3. The van der Waals surface area contributed by atoms with Crippen molar-refractivity contribution in [3.63, 3.8) is 0 Å². The van der Waals surface area contributed by atoms with Gasteiger partial charge < -0.3 is 14.2 Å². The van der Waals surface area contributed by atoms with Crippen molar-refractivity contribution in [2.75, 3.05) is 7.11 Å². The second-order valence-corrected chi connectivity index (χ2v) is 8.87. The largest absolute Gasteiger partial charge is 0.495 e. The molecule has 178 valence electrons. The number of esters is 2. The van der Waals surface area contributed by atoms with E-state index in [4.69, 9.17) is 14.2 Å². The van der Waals surface area contributed by atoms with Crippen molar-refractivity contribution < 1.29 is 28.6 Å². The van der Waals surface area contributed by atoms with Gasteiger partial charge in [0, 0.05) is 24.3 Å². The molecule has 0 N–H and O–H groups in total. The molecular weight excluding hydrogens is 432 g/mol. The molecule has 2 aliphatic rings. The third-order valence-electron chi connectivity index (χ3n) is 6.36. The van der Waals surface area contributed by atoms with E-state index in [1.807, 2.05) is 49.4 Å². The molecule has 0 amide bonds. The maximum atomic E-state index is 13.4. The number of methoxy groups -OCH3 is 1. The summed E-state index contributed by atoms with van der Waals surface area (Å²) in [4.78, 5) is 37.9. The Morgan fingerprint density at radius 2 is 1.79 bits per heavy atom. The lowest BCUT2D eigenvalue weighted by Gasteiger charge is -2.29. The molecule has 2 atom stereocenters. The first kappa shape index (κ1) is 23.7. The number of allylic oxidation sites excluding steroid dienone is 1. The highest BCUT2D eigenvalue weighted by atomic mass is 16.5. The van der Waals surface area contributed by atoms with E-state index in [1.165, 1.54) is 7.11 Å². The summed E-state index contributed by atoms with van der Waals surface area (Å²) in [6.45, 7) is 1.84. The molecule has 2 aliphatic heterocycles. The number of carbonyl (C=O) groups is 3. The van der Waals surface area contributed by atoms with Crippen LogP contribution in [0.2, 0.25) is 0 Å². The fourth-order valence-electron chi connectivity index (χ4n) is 4.68. The second kappa shape index (κ2) is 10.7. The van der Waals surface area contributed by atoms with Gasteiger partial charge in [0.1, 0.15) is 22.8 Å². The Bertz CT molecular complexity index is 1100. The third kappa shape index (κ3) is 5.22. The molecule has 2 aromatic carbocycles. The first-order valence-corrected chi connectivity index (χ1v) is 11.9. The average molecular weight is 463 g/mol. The van der Waals surface area contributed by atoms with Crippen molar-refractivity contribution in [2.45, 2.75) is 63.9 Å². The molecule has 0 aliphatic carbocycles. The van der Waals surface area contributed by atoms with Crippen LogP contribution in [0.15, 0.2) is 42.5 Å². The Hall–Kier alpha value is -3.41. The summed E-state index contributed by atoms with van der Waals surface area (Å²) in [5.74, 6) is -0.118. The highest BCUT2D eigenvalue weighted by Crippen LogP contribution is 2.47. The number of cyclic esters (lactones) is 1. The summed E-state index contributed by atoms with van der Waals surface area (Å²) in [5.41, 5.74) is 2.52. The van der Waals surface area contributed by atoms with Crippen LogP contribution in [0.25, 0.3) is 6.08 Å². The van der Waals surface area contributed by atoms with Gasteiger partial charge in [0.2, 0.25) is 0 Å². The number of carbonyl (C=O) groups excluding carboxylic acids is 3. The summed E-state index contributed by atoms with van der Waals surface area (Å²) in [6, 6.07) is 11.4. The lowest BCUT2D eigenvalue weighted by molar-refractivity contribution is -0.135. The predicted molar refractivity (Wildman–Crippen MR) is 128 cm³/mol. The van der Waals surface area contributed by atoms with E-state index >= 15 is 0 Å². The van der Waals surface area contributed by atoms with Gasteiger partial charge in [-0.2, -0.15) is 0 Å². The molecule has 0 saturated carbocycles. The molecule has 4 rings (SSSR count). The summed E-state index contributed by atoms with van der Waals surface area (Å²) < 4.78 is 17.2. The van der Waals surface area contributed by atoms with Crippen LogP contribution in [0.5, 0.6) is 11.5 Å². The Kier molecular flexibility index (Phi) is 7.46. The van der Waals surface area contributed by atoms with Crippen molar-refractivity contribution in [1.29, 1.82) is 0 Å². The summed E-state index contributed by atoms with van der Waals surface area (Å²) >= 11 is 0. The summed E-state index contributed by atoms with van der Waals surface area (Å²) in [7, 11) is 1.52. The maximum Gasteiger partial charge on any atom is 0.342 e. The third-order valence-corrected chi connectivity index (χ3v) is 6.36. The van der Waals surface area contributed by atoms with Gasteiger partial charge in [0.15, 0.2) is 0 Å². The van der Waals surface area contributed by atoms with E-state index in [2.05, 4.69) is 0 Å². The highest BCUT2D eigenvalue weighted by molar-refractivity contribution is 5.99. The van der Waals surface area contributed by atoms with Crippen molar-refractivity contribution in [2.24, 2.45) is 0 Å². The smallest absolute Gasteiger partial charge is 0.342 e. The molecule has 0 unspecified atom stereocenters. The van der Waals surface area contributed by atoms with E-state index < -0.39 is 5.97 Å². The fraction of sp³-hybridized carbons (Fsp3) is 0.393. The molecule has 0 saturated heterocycles. The summed E-state index contributed by atoms with van der Waals surface area (Å²) in [5, 5.41) is 0. The quantitative estimate of drug-likeness (QED) is 0.426. The number of hydrogen-bond donors (Lipinski definition) is 0. The Balaban J connectivity index is 1.85. The van der Waals surface area contributed by atoms with Crippen LogP contribution in [0.3, 0.4) is 0 Å². The van der Waals surface area contributed by atoms with E-state index in [0.29, 0.717) is 60.3 Å². The molecule has 6 nitrogen and oxygen atoms in total. The minimum Gasteiger partial charge on any atom is -0.495 e. The molecule has 0 bridgehead atoms. The van der Waals surface area contributed by atoms with E-state index in [9.17, 15) is 14.4 Å². The number of ketones is 1. The molecule has 0 radical (unpaired) electrons. The van der Waals surface area contributed by atoms with E-state index in [1.54, 1.807) is 6.07 Å². The topological polar surface area (TPSA) is 78.9 Å². The van der Waals surface area contributed by atoms with E-state index in [-0.39, 0.29) is 30.2 Å². The standard InChI is InChI=1S/C28H30O6/c1-18-10-9-15-21(29)14-8-4-7-13-20-16-23-26(27(32-2)25(20)28(31)33-18)22(17-24(30)34-23)19-11-5-3-6-12-19/h3,5-7,11-13,16,18,22H,4,8-10,14-15,17H2,1-2H3/b13-7+/t18-,22+/m0/s1. The molecule has 2 heterocycles. The number of hydrogen-bond acceptors (Lipinski definition) is 6. The Morgan fingerprint density at radius 3 is 2.56 bits per heavy atom. The van der Waals surface area contributed by atoms with Crippen LogP contribution in [-0.4, -0.2) is 30.9 Å². The number of benzene rings is 2. The molecule has 34 heavy (non-hydrogen) atoms. The van der Waals surface area contributed by atoms with Gasteiger partial charge in [0.25, 0.3) is 0 Å². The normalized spacial score (nSPS) is 22.5. The molecule has 6 heteroatoms. The van der Waals surface area contributed by atoms with Gasteiger partial charge in [-0.25, -0.2) is 4.79 Å². The van der Waals surface area contributed by atoms with Crippen LogP contribution in [0, 0.1) is 0 Å². The molecule has 2 aromatic rings. The Labute approximate surface area is 199 Å². The average Bonchev–Trinajstić information content (AvgIpc) is 2.82. The number of rotatable bonds is 2.